The monoisotopic (exact) mass is 267 g/mol. The maximum atomic E-state index is 12.5. The topological polar surface area (TPSA) is 43.9 Å². The lowest BCUT2D eigenvalue weighted by atomic mass is 9.94. The lowest BCUT2D eigenvalue weighted by Gasteiger charge is -2.40. The average Bonchev–Trinajstić information content (AvgIpc) is 2.41. The van der Waals surface area contributed by atoms with Gasteiger partial charge in [-0.25, -0.2) is 0 Å². The fraction of sp³-hybridized carbons (Fsp3) is 0.857. The van der Waals surface area contributed by atoms with E-state index in [1.807, 2.05) is 9.80 Å². The van der Waals surface area contributed by atoms with Crippen molar-refractivity contribution in [2.24, 2.45) is 5.92 Å². The van der Waals surface area contributed by atoms with Gasteiger partial charge in [-0.15, -0.1) is 0 Å². The van der Waals surface area contributed by atoms with Crippen LogP contribution in [0.5, 0.6) is 0 Å². The third kappa shape index (κ3) is 3.26. The van der Waals surface area contributed by atoms with Crippen LogP contribution in [-0.2, 0) is 9.59 Å². The molecule has 2 heterocycles. The second kappa shape index (κ2) is 5.90. The lowest BCUT2D eigenvalue weighted by Crippen LogP contribution is -2.54. The van der Waals surface area contributed by atoms with E-state index in [0.717, 1.165) is 45.6 Å². The van der Waals surface area contributed by atoms with Crippen LogP contribution >= 0.6 is 0 Å². The summed E-state index contributed by atoms with van der Waals surface area (Å²) < 4.78 is 0. The van der Waals surface area contributed by atoms with Crippen molar-refractivity contribution in [3.8, 4) is 0 Å². The van der Waals surface area contributed by atoms with E-state index in [-0.39, 0.29) is 11.8 Å². The Morgan fingerprint density at radius 3 is 2.16 bits per heavy atom. The third-order valence-corrected chi connectivity index (χ3v) is 4.56. The number of likely N-dealkylation sites (tertiary alicyclic amines) is 1. The Kier molecular flexibility index (Phi) is 4.45. The molecule has 5 heteroatoms. The highest BCUT2D eigenvalue weighted by molar-refractivity contribution is 5.80. The Bertz CT molecular complexity index is 351. The number of likely N-dealkylation sites (N-methyl/N-ethyl adjacent to an activating group) is 1. The maximum Gasteiger partial charge on any atom is 0.225 e. The molecule has 0 aromatic heterocycles. The van der Waals surface area contributed by atoms with Crippen molar-refractivity contribution in [1.82, 2.24) is 14.7 Å². The summed E-state index contributed by atoms with van der Waals surface area (Å²) in [5.74, 6) is 0.536. The van der Waals surface area contributed by atoms with Gasteiger partial charge in [-0.2, -0.15) is 0 Å². The molecule has 2 aliphatic rings. The summed E-state index contributed by atoms with van der Waals surface area (Å²) in [4.78, 5) is 29.9. The van der Waals surface area contributed by atoms with Crippen LogP contribution in [0.15, 0.2) is 0 Å². The highest BCUT2D eigenvalue weighted by Crippen LogP contribution is 2.21. The Balaban J connectivity index is 1.86. The van der Waals surface area contributed by atoms with Crippen molar-refractivity contribution in [2.45, 2.75) is 32.7 Å². The molecule has 5 nitrogen and oxygen atoms in total. The number of carbonyl (C=O) groups is 2. The molecule has 2 aliphatic heterocycles. The van der Waals surface area contributed by atoms with Crippen LogP contribution in [0.2, 0.25) is 0 Å². The summed E-state index contributed by atoms with van der Waals surface area (Å²) in [6, 6.07) is 0.440. The number of amides is 2. The molecule has 0 bridgehead atoms. The van der Waals surface area contributed by atoms with E-state index in [2.05, 4.69) is 18.9 Å². The molecule has 2 rings (SSSR count). The molecular formula is C14H25N3O2. The molecule has 0 saturated carbocycles. The molecule has 2 amide bonds. The Morgan fingerprint density at radius 2 is 1.63 bits per heavy atom. The predicted octanol–water partition coefficient (Wildman–Crippen LogP) is 0.407. The fourth-order valence-corrected chi connectivity index (χ4v) is 2.95. The fourth-order valence-electron chi connectivity index (χ4n) is 2.95. The van der Waals surface area contributed by atoms with Crippen molar-refractivity contribution in [3.05, 3.63) is 0 Å². The van der Waals surface area contributed by atoms with Crippen molar-refractivity contribution < 1.29 is 9.59 Å². The first-order valence-electron chi connectivity index (χ1n) is 7.23. The van der Waals surface area contributed by atoms with E-state index in [1.54, 1.807) is 6.92 Å². The molecule has 108 valence electrons. The number of piperazine rings is 1. The number of nitrogens with zero attached hydrogens (tertiary/aromatic N) is 3. The van der Waals surface area contributed by atoms with Crippen LogP contribution in [-0.4, -0.2) is 72.3 Å². The van der Waals surface area contributed by atoms with Crippen LogP contribution < -0.4 is 0 Å². The van der Waals surface area contributed by atoms with Gasteiger partial charge < -0.3 is 14.7 Å². The number of piperidine rings is 1. The van der Waals surface area contributed by atoms with Crippen LogP contribution in [0.1, 0.15) is 26.7 Å². The summed E-state index contributed by atoms with van der Waals surface area (Å²) in [5, 5.41) is 0. The van der Waals surface area contributed by atoms with Gasteiger partial charge in [-0.3, -0.25) is 9.59 Å². The van der Waals surface area contributed by atoms with Crippen LogP contribution in [0.4, 0.5) is 0 Å². The van der Waals surface area contributed by atoms with Gasteiger partial charge in [0.15, 0.2) is 0 Å². The van der Waals surface area contributed by atoms with Gasteiger partial charge in [0.2, 0.25) is 11.8 Å². The number of hydrogen-bond donors (Lipinski definition) is 0. The van der Waals surface area contributed by atoms with E-state index in [9.17, 15) is 9.59 Å². The molecule has 0 aromatic carbocycles. The molecule has 0 N–H and O–H groups in total. The van der Waals surface area contributed by atoms with Gasteiger partial charge in [-0.05, 0) is 26.8 Å². The highest BCUT2D eigenvalue weighted by Gasteiger charge is 2.32. The van der Waals surface area contributed by atoms with Gasteiger partial charge in [0, 0.05) is 51.6 Å². The minimum absolute atomic E-state index is 0.117. The van der Waals surface area contributed by atoms with E-state index in [4.69, 9.17) is 0 Å². The van der Waals surface area contributed by atoms with Crippen LogP contribution in [0, 0.1) is 5.92 Å². The Morgan fingerprint density at radius 1 is 1.00 bits per heavy atom. The second-order valence-corrected chi connectivity index (χ2v) is 5.89. The summed E-state index contributed by atoms with van der Waals surface area (Å²) in [5.41, 5.74) is 0. The molecule has 0 spiro atoms. The zero-order chi connectivity index (χ0) is 14.0. The first kappa shape index (κ1) is 14.3. The summed E-state index contributed by atoms with van der Waals surface area (Å²) in [6.07, 6.45) is 1.64. The molecule has 1 atom stereocenters. The van der Waals surface area contributed by atoms with Crippen molar-refractivity contribution in [1.29, 1.82) is 0 Å². The summed E-state index contributed by atoms with van der Waals surface area (Å²) in [7, 11) is 2.11. The van der Waals surface area contributed by atoms with Crippen LogP contribution in [0.25, 0.3) is 0 Å². The number of carbonyl (C=O) groups excluding carboxylic acids is 2. The van der Waals surface area contributed by atoms with Gasteiger partial charge in [0.1, 0.15) is 0 Å². The molecule has 1 unspecified atom stereocenters. The first-order valence-corrected chi connectivity index (χ1v) is 7.23. The minimum atomic E-state index is 0.117. The molecule has 2 fully saturated rings. The molecule has 19 heavy (non-hydrogen) atoms. The highest BCUT2D eigenvalue weighted by atomic mass is 16.2. The summed E-state index contributed by atoms with van der Waals surface area (Å²) >= 11 is 0. The second-order valence-electron chi connectivity index (χ2n) is 5.89. The van der Waals surface area contributed by atoms with Crippen molar-refractivity contribution >= 4 is 11.8 Å². The molecule has 0 aromatic rings. The van der Waals surface area contributed by atoms with Gasteiger partial charge in [0.05, 0.1) is 0 Å². The molecule has 2 saturated heterocycles. The van der Waals surface area contributed by atoms with Crippen molar-refractivity contribution in [3.63, 3.8) is 0 Å². The predicted molar refractivity (Wildman–Crippen MR) is 73.7 cm³/mol. The SMILES string of the molecule is CC(=O)N1CCC(C(=O)N2CCN(C)C(C)C2)CC1. The summed E-state index contributed by atoms with van der Waals surface area (Å²) in [6.45, 7) is 7.86. The van der Waals surface area contributed by atoms with Crippen molar-refractivity contribution in [2.75, 3.05) is 39.8 Å². The average molecular weight is 267 g/mol. The Labute approximate surface area is 115 Å². The van der Waals surface area contributed by atoms with Gasteiger partial charge in [-0.1, -0.05) is 0 Å². The third-order valence-electron chi connectivity index (χ3n) is 4.56. The number of rotatable bonds is 1. The Hall–Kier alpha value is -1.10. The maximum absolute atomic E-state index is 12.5. The van der Waals surface area contributed by atoms with E-state index < -0.39 is 0 Å². The smallest absolute Gasteiger partial charge is 0.225 e. The molecule has 0 radical (unpaired) electrons. The van der Waals surface area contributed by atoms with Gasteiger partial charge >= 0.3 is 0 Å². The first-order chi connectivity index (χ1) is 8.99. The largest absolute Gasteiger partial charge is 0.343 e. The van der Waals surface area contributed by atoms with Crippen LogP contribution in [0.3, 0.4) is 0 Å². The number of hydrogen-bond acceptors (Lipinski definition) is 3. The molecular weight excluding hydrogens is 242 g/mol. The van der Waals surface area contributed by atoms with E-state index in [0.29, 0.717) is 11.9 Å². The quantitative estimate of drug-likeness (QED) is 0.691. The lowest BCUT2D eigenvalue weighted by molar-refractivity contribution is -0.142. The molecule has 0 aliphatic carbocycles. The normalized spacial score (nSPS) is 26.6. The van der Waals surface area contributed by atoms with E-state index >= 15 is 0 Å². The van der Waals surface area contributed by atoms with E-state index in [1.165, 1.54) is 0 Å². The zero-order valence-electron chi connectivity index (χ0n) is 12.3. The van der Waals surface area contributed by atoms with Gasteiger partial charge in [0.25, 0.3) is 0 Å². The minimum Gasteiger partial charge on any atom is -0.343 e. The standard InChI is InChI=1S/C14H25N3O2/c1-11-10-17(9-8-15(11)3)14(19)13-4-6-16(7-5-13)12(2)18/h11,13H,4-10H2,1-3H3. The zero-order valence-corrected chi connectivity index (χ0v) is 12.3.